The number of hydrogen-bond acceptors (Lipinski definition) is 4. The van der Waals surface area contributed by atoms with Crippen LogP contribution in [0.5, 0.6) is 0 Å². The molecule has 0 amide bonds. The number of aliphatic imine (C=N–C) groups is 1. The van der Waals surface area contributed by atoms with Crippen LogP contribution in [0.4, 0.5) is 0 Å². The zero-order chi connectivity index (χ0) is 7.78. The van der Waals surface area contributed by atoms with Crippen LogP contribution < -0.4 is 0 Å². The third-order valence-corrected chi connectivity index (χ3v) is 2.41. The van der Waals surface area contributed by atoms with Crippen molar-refractivity contribution in [3.05, 3.63) is 11.1 Å². The average Bonchev–Trinajstić information content (AvgIpc) is 2.04. The van der Waals surface area contributed by atoms with Gasteiger partial charge in [-0.1, -0.05) is 0 Å². The van der Waals surface area contributed by atoms with Crippen LogP contribution in [0.3, 0.4) is 0 Å². The first-order valence-corrected chi connectivity index (χ1v) is 4.17. The third kappa shape index (κ3) is 1.04. The summed E-state index contributed by atoms with van der Waals surface area (Å²) in [6.07, 6.45) is 0. The van der Waals surface area contributed by atoms with Crippen molar-refractivity contribution in [1.29, 1.82) is 0 Å². The molecular formula is C5H7NO3S. The molecule has 0 N–H and O–H groups in total. The number of rotatable bonds is 0. The van der Waals surface area contributed by atoms with E-state index in [0.29, 0.717) is 5.70 Å². The Morgan fingerprint density at radius 1 is 1.60 bits per heavy atom. The molecule has 0 spiro atoms. The first kappa shape index (κ1) is 7.27. The molecule has 10 heavy (non-hydrogen) atoms. The lowest BCUT2D eigenvalue weighted by atomic mass is 10.6. The Kier molecular flexibility index (Phi) is 1.52. The van der Waals surface area contributed by atoms with E-state index < -0.39 is 9.84 Å². The van der Waals surface area contributed by atoms with Crippen molar-refractivity contribution >= 4 is 15.1 Å². The molecule has 1 aliphatic rings. The van der Waals surface area contributed by atoms with Crippen molar-refractivity contribution in [2.24, 2.45) is 4.99 Å². The summed E-state index contributed by atoms with van der Waals surface area (Å²) in [6, 6.07) is 0. The van der Waals surface area contributed by atoms with Crippen LogP contribution in [0.15, 0.2) is 16.1 Å². The second-order valence-electron chi connectivity index (χ2n) is 1.89. The van der Waals surface area contributed by atoms with Crippen molar-refractivity contribution < 1.29 is 13.2 Å². The Bertz CT molecular complexity index is 299. The number of sulfone groups is 1. The summed E-state index contributed by atoms with van der Waals surface area (Å²) in [7, 11) is -2.04. The Balaban J connectivity index is 3.15. The maximum atomic E-state index is 10.9. The van der Waals surface area contributed by atoms with Crippen LogP contribution in [0.1, 0.15) is 6.92 Å². The molecule has 0 saturated heterocycles. The van der Waals surface area contributed by atoms with E-state index in [-0.39, 0.29) is 5.23 Å². The minimum atomic E-state index is -3.32. The minimum absolute atomic E-state index is 0.218. The van der Waals surface area contributed by atoms with Crippen LogP contribution in [-0.4, -0.2) is 20.8 Å². The van der Waals surface area contributed by atoms with E-state index in [2.05, 4.69) is 9.73 Å². The molecule has 0 fully saturated rings. The van der Waals surface area contributed by atoms with Gasteiger partial charge in [0.1, 0.15) is 0 Å². The van der Waals surface area contributed by atoms with Crippen molar-refractivity contribution in [3.8, 4) is 0 Å². The fourth-order valence-electron chi connectivity index (χ4n) is 0.671. The Labute approximate surface area is 59.1 Å². The molecule has 0 radical (unpaired) electrons. The van der Waals surface area contributed by atoms with E-state index in [4.69, 9.17) is 0 Å². The molecule has 0 saturated carbocycles. The molecule has 4 nitrogen and oxygen atoms in total. The molecule has 5 heteroatoms. The Morgan fingerprint density at radius 3 is 2.40 bits per heavy atom. The highest BCUT2D eigenvalue weighted by molar-refractivity contribution is 8.08. The van der Waals surface area contributed by atoms with Crippen LogP contribution >= 0.6 is 0 Å². The number of nitrogens with zero attached hydrogens (tertiary/aromatic N) is 1. The summed E-state index contributed by atoms with van der Waals surface area (Å²) in [5.74, 6) is 0. The summed E-state index contributed by atoms with van der Waals surface area (Å²) in [4.78, 5) is 3.63. The monoisotopic (exact) mass is 161 g/mol. The first-order valence-electron chi connectivity index (χ1n) is 2.62. The average molecular weight is 161 g/mol. The molecule has 0 unspecified atom stereocenters. The Hall–Kier alpha value is -0.840. The van der Waals surface area contributed by atoms with Gasteiger partial charge in [0.2, 0.25) is 0 Å². The van der Waals surface area contributed by atoms with Crippen molar-refractivity contribution in [1.82, 2.24) is 0 Å². The maximum Gasteiger partial charge on any atom is 0.314 e. The van der Waals surface area contributed by atoms with Gasteiger partial charge in [-0.15, -0.1) is 0 Å². The normalized spacial score (nSPS) is 21.8. The summed E-state index contributed by atoms with van der Waals surface area (Å²) < 4.78 is 26.2. The largest absolute Gasteiger partial charge is 0.472 e. The summed E-state index contributed by atoms with van der Waals surface area (Å²) in [5, 5.41) is 0.858. The van der Waals surface area contributed by atoms with Gasteiger partial charge in [-0.3, -0.25) is 0 Å². The molecule has 0 atom stereocenters. The van der Waals surface area contributed by atoms with E-state index >= 15 is 0 Å². The highest BCUT2D eigenvalue weighted by Crippen LogP contribution is 2.13. The van der Waals surface area contributed by atoms with E-state index in [1.54, 1.807) is 6.92 Å². The molecule has 0 aromatic rings. The SMILES string of the molecule is COC1=NC(C)=CS1(=O)=O. The van der Waals surface area contributed by atoms with Crippen LogP contribution in [-0.2, 0) is 14.6 Å². The predicted octanol–water partition coefficient (Wildman–Crippen LogP) is 0.278. The van der Waals surface area contributed by atoms with Gasteiger partial charge in [0.15, 0.2) is 0 Å². The van der Waals surface area contributed by atoms with Crippen LogP contribution in [0.2, 0.25) is 0 Å². The quantitative estimate of drug-likeness (QED) is 0.512. The van der Waals surface area contributed by atoms with Gasteiger partial charge in [0.05, 0.1) is 18.2 Å². The second-order valence-corrected chi connectivity index (χ2v) is 3.56. The highest BCUT2D eigenvalue weighted by Gasteiger charge is 2.23. The predicted molar refractivity (Wildman–Crippen MR) is 37.1 cm³/mol. The zero-order valence-corrected chi connectivity index (χ0v) is 6.47. The van der Waals surface area contributed by atoms with E-state index in [1.165, 1.54) is 7.11 Å². The molecule has 1 rings (SSSR count). The van der Waals surface area contributed by atoms with Gasteiger partial charge in [-0.2, -0.15) is 0 Å². The second kappa shape index (κ2) is 2.09. The minimum Gasteiger partial charge on any atom is -0.472 e. The summed E-state index contributed by atoms with van der Waals surface area (Å²) in [6.45, 7) is 1.60. The fourth-order valence-corrected chi connectivity index (χ4v) is 1.78. The molecule has 1 aliphatic heterocycles. The molecule has 0 aromatic carbocycles. The molecule has 56 valence electrons. The van der Waals surface area contributed by atoms with E-state index in [9.17, 15) is 8.42 Å². The van der Waals surface area contributed by atoms with Gasteiger partial charge in [-0.25, -0.2) is 13.4 Å². The highest BCUT2D eigenvalue weighted by atomic mass is 32.2. The topological polar surface area (TPSA) is 55.7 Å². The maximum absolute atomic E-state index is 10.9. The summed E-state index contributed by atoms with van der Waals surface area (Å²) >= 11 is 0. The van der Waals surface area contributed by atoms with Gasteiger partial charge in [-0.05, 0) is 6.92 Å². The lowest BCUT2D eigenvalue weighted by Gasteiger charge is -1.93. The van der Waals surface area contributed by atoms with Gasteiger partial charge < -0.3 is 4.74 Å². The molecule has 0 aromatic heterocycles. The van der Waals surface area contributed by atoms with Crippen molar-refractivity contribution in [2.75, 3.05) is 7.11 Å². The first-order chi connectivity index (χ1) is 4.56. The van der Waals surface area contributed by atoms with Crippen LogP contribution in [0.25, 0.3) is 0 Å². The summed E-state index contributed by atoms with van der Waals surface area (Å²) in [5.41, 5.74) is 0.455. The number of ether oxygens (including phenoxy) is 1. The zero-order valence-electron chi connectivity index (χ0n) is 5.66. The van der Waals surface area contributed by atoms with Crippen molar-refractivity contribution in [2.45, 2.75) is 6.92 Å². The number of hydrogen-bond donors (Lipinski definition) is 0. The third-order valence-electron chi connectivity index (χ3n) is 1.01. The number of methoxy groups -OCH3 is 1. The number of allylic oxidation sites excluding steroid dienone is 1. The molecule has 0 aliphatic carbocycles. The van der Waals surface area contributed by atoms with Crippen LogP contribution in [0, 0.1) is 0 Å². The molecule has 0 bridgehead atoms. The standard InChI is InChI=1S/C5H7NO3S/c1-4-3-10(7,8)5(6-4)9-2/h3H,1-2H3. The Morgan fingerprint density at radius 2 is 2.20 bits per heavy atom. The smallest absolute Gasteiger partial charge is 0.314 e. The van der Waals surface area contributed by atoms with E-state index in [0.717, 1.165) is 5.41 Å². The van der Waals surface area contributed by atoms with Crippen molar-refractivity contribution in [3.63, 3.8) is 0 Å². The lowest BCUT2D eigenvalue weighted by Crippen LogP contribution is -2.09. The van der Waals surface area contributed by atoms with E-state index in [1.807, 2.05) is 0 Å². The van der Waals surface area contributed by atoms with Gasteiger partial charge >= 0.3 is 5.23 Å². The molecule has 1 heterocycles. The lowest BCUT2D eigenvalue weighted by molar-refractivity contribution is 0.411. The molecular weight excluding hydrogens is 154 g/mol. The van der Waals surface area contributed by atoms with Gasteiger partial charge in [0, 0.05) is 0 Å². The fraction of sp³-hybridized carbons (Fsp3) is 0.400. The van der Waals surface area contributed by atoms with Gasteiger partial charge in [0.25, 0.3) is 9.84 Å².